The molecule has 0 aliphatic rings. The Labute approximate surface area is 122 Å². The molecule has 0 fully saturated rings. The first-order valence-electron chi connectivity index (χ1n) is 6.15. The van der Waals surface area contributed by atoms with Gasteiger partial charge in [0.2, 0.25) is 5.91 Å². The van der Waals surface area contributed by atoms with Crippen LogP contribution in [0.4, 0.5) is 0 Å². The Bertz CT molecular complexity index is 636. The van der Waals surface area contributed by atoms with Crippen molar-refractivity contribution in [2.75, 3.05) is 7.05 Å². The van der Waals surface area contributed by atoms with Gasteiger partial charge in [0, 0.05) is 18.0 Å². The Morgan fingerprint density at radius 3 is 2.70 bits per heavy atom. The van der Waals surface area contributed by atoms with Crippen molar-refractivity contribution >= 4 is 23.3 Å². The predicted molar refractivity (Wildman–Crippen MR) is 81.0 cm³/mol. The fraction of sp³-hybridized carbons (Fsp3) is 0.125. The lowest BCUT2D eigenvalue weighted by Gasteiger charge is -2.13. The number of carbonyl (C=O) groups excluding carboxylic acids is 1. The summed E-state index contributed by atoms with van der Waals surface area (Å²) in [6.07, 6.45) is 3.31. The van der Waals surface area contributed by atoms with E-state index in [0.29, 0.717) is 12.1 Å². The number of hydrogen-bond donors (Lipinski definition) is 0. The minimum Gasteiger partial charge on any atom is -0.337 e. The zero-order chi connectivity index (χ0) is 14.4. The summed E-state index contributed by atoms with van der Waals surface area (Å²) in [7, 11) is 1.78. The monoisotopic (exact) mass is 282 g/mol. The molecule has 0 unspecified atom stereocenters. The zero-order valence-electron chi connectivity index (χ0n) is 11.1. The standard InChI is InChI=1S/C16H14N2OS/c1-18(12-15-3-2-10-20-15)16(19)9-8-13-4-6-14(11-17)7-5-13/h2-10H,12H2,1H3/b9-8+. The molecule has 0 atom stereocenters. The molecule has 0 aliphatic heterocycles. The first-order chi connectivity index (χ1) is 9.69. The zero-order valence-corrected chi connectivity index (χ0v) is 11.9. The van der Waals surface area contributed by atoms with Crippen LogP contribution in [0.15, 0.2) is 47.9 Å². The van der Waals surface area contributed by atoms with E-state index in [0.717, 1.165) is 10.4 Å². The summed E-state index contributed by atoms with van der Waals surface area (Å²) in [5, 5.41) is 10.7. The van der Waals surface area contributed by atoms with Crippen molar-refractivity contribution in [3.05, 3.63) is 63.9 Å². The summed E-state index contributed by atoms with van der Waals surface area (Å²) in [5.41, 5.74) is 1.52. The second-order valence-electron chi connectivity index (χ2n) is 4.34. The van der Waals surface area contributed by atoms with E-state index < -0.39 is 0 Å². The number of rotatable bonds is 4. The van der Waals surface area contributed by atoms with E-state index in [-0.39, 0.29) is 5.91 Å². The number of thiophene rings is 1. The SMILES string of the molecule is CN(Cc1cccs1)C(=O)/C=C/c1ccc(C#N)cc1. The molecule has 100 valence electrons. The maximum absolute atomic E-state index is 12.0. The first-order valence-corrected chi connectivity index (χ1v) is 7.03. The molecule has 2 rings (SSSR count). The lowest BCUT2D eigenvalue weighted by Crippen LogP contribution is -2.23. The molecule has 0 N–H and O–H groups in total. The van der Waals surface area contributed by atoms with Gasteiger partial charge in [-0.05, 0) is 35.2 Å². The maximum atomic E-state index is 12.0. The van der Waals surface area contributed by atoms with Gasteiger partial charge in [-0.2, -0.15) is 5.26 Å². The van der Waals surface area contributed by atoms with Gasteiger partial charge in [0.25, 0.3) is 0 Å². The smallest absolute Gasteiger partial charge is 0.246 e. The van der Waals surface area contributed by atoms with Crippen LogP contribution in [-0.4, -0.2) is 17.9 Å². The van der Waals surface area contributed by atoms with E-state index >= 15 is 0 Å². The minimum atomic E-state index is -0.0391. The summed E-state index contributed by atoms with van der Waals surface area (Å²) < 4.78 is 0. The van der Waals surface area contributed by atoms with Crippen molar-refractivity contribution in [2.24, 2.45) is 0 Å². The Hall–Kier alpha value is -2.38. The summed E-state index contributed by atoms with van der Waals surface area (Å²) in [6, 6.07) is 13.2. The summed E-state index contributed by atoms with van der Waals surface area (Å²) in [5.74, 6) is -0.0391. The van der Waals surface area contributed by atoms with Gasteiger partial charge >= 0.3 is 0 Å². The molecule has 0 saturated carbocycles. The Balaban J connectivity index is 1.95. The Morgan fingerprint density at radius 2 is 2.10 bits per heavy atom. The third-order valence-corrected chi connectivity index (χ3v) is 3.67. The highest BCUT2D eigenvalue weighted by Gasteiger charge is 2.06. The Morgan fingerprint density at radius 1 is 1.35 bits per heavy atom. The van der Waals surface area contributed by atoms with Crippen LogP contribution in [0, 0.1) is 11.3 Å². The maximum Gasteiger partial charge on any atom is 0.246 e. The fourth-order valence-electron chi connectivity index (χ4n) is 1.68. The highest BCUT2D eigenvalue weighted by molar-refractivity contribution is 7.09. The summed E-state index contributed by atoms with van der Waals surface area (Å²) in [4.78, 5) is 14.8. The first kappa shape index (κ1) is 14.0. The van der Waals surface area contributed by atoms with Crippen molar-refractivity contribution in [2.45, 2.75) is 6.54 Å². The highest BCUT2D eigenvalue weighted by atomic mass is 32.1. The summed E-state index contributed by atoms with van der Waals surface area (Å²) in [6.45, 7) is 0.619. The molecule has 0 aliphatic carbocycles. The number of amides is 1. The van der Waals surface area contributed by atoms with E-state index in [4.69, 9.17) is 5.26 Å². The lowest BCUT2D eigenvalue weighted by molar-refractivity contribution is -0.125. The molecular weight excluding hydrogens is 268 g/mol. The van der Waals surface area contributed by atoms with E-state index in [9.17, 15) is 4.79 Å². The van der Waals surface area contributed by atoms with E-state index in [1.54, 1.807) is 47.6 Å². The van der Waals surface area contributed by atoms with Crippen LogP contribution in [0.5, 0.6) is 0 Å². The number of benzene rings is 1. The van der Waals surface area contributed by atoms with Crippen molar-refractivity contribution in [3.63, 3.8) is 0 Å². The van der Waals surface area contributed by atoms with Crippen LogP contribution >= 0.6 is 11.3 Å². The van der Waals surface area contributed by atoms with Crippen LogP contribution < -0.4 is 0 Å². The number of nitriles is 1. The average Bonchev–Trinajstić information content (AvgIpc) is 2.98. The topological polar surface area (TPSA) is 44.1 Å². The van der Waals surface area contributed by atoms with Crippen molar-refractivity contribution in [1.82, 2.24) is 4.90 Å². The van der Waals surface area contributed by atoms with E-state index in [1.165, 1.54) is 0 Å². The normalized spacial score (nSPS) is 10.4. The molecule has 0 bridgehead atoms. The van der Waals surface area contributed by atoms with Crippen molar-refractivity contribution in [1.29, 1.82) is 5.26 Å². The van der Waals surface area contributed by atoms with Gasteiger partial charge in [0.15, 0.2) is 0 Å². The van der Waals surface area contributed by atoms with Crippen LogP contribution in [0.2, 0.25) is 0 Å². The molecule has 1 aromatic carbocycles. The molecular formula is C16H14N2OS. The van der Waals surface area contributed by atoms with Gasteiger partial charge < -0.3 is 4.90 Å². The largest absolute Gasteiger partial charge is 0.337 e. The third-order valence-electron chi connectivity index (χ3n) is 2.81. The van der Waals surface area contributed by atoms with Crippen molar-refractivity contribution in [3.8, 4) is 6.07 Å². The van der Waals surface area contributed by atoms with Gasteiger partial charge in [-0.1, -0.05) is 18.2 Å². The molecule has 3 nitrogen and oxygen atoms in total. The lowest BCUT2D eigenvalue weighted by atomic mass is 10.1. The van der Waals surface area contributed by atoms with Gasteiger partial charge in [-0.15, -0.1) is 11.3 Å². The van der Waals surface area contributed by atoms with Gasteiger partial charge in [-0.3, -0.25) is 4.79 Å². The average molecular weight is 282 g/mol. The molecule has 1 aromatic heterocycles. The number of carbonyl (C=O) groups is 1. The van der Waals surface area contributed by atoms with Crippen LogP contribution in [0.25, 0.3) is 6.08 Å². The van der Waals surface area contributed by atoms with Crippen molar-refractivity contribution < 1.29 is 4.79 Å². The predicted octanol–water partition coefficient (Wildman–Crippen LogP) is 3.29. The van der Waals surface area contributed by atoms with Crippen LogP contribution in [-0.2, 0) is 11.3 Å². The third kappa shape index (κ3) is 3.81. The summed E-state index contributed by atoms with van der Waals surface area (Å²) >= 11 is 1.64. The number of hydrogen-bond acceptors (Lipinski definition) is 3. The van der Waals surface area contributed by atoms with Gasteiger partial charge in [0.05, 0.1) is 18.2 Å². The number of likely N-dealkylation sites (N-methyl/N-ethyl adjacent to an activating group) is 1. The molecule has 0 spiro atoms. The highest BCUT2D eigenvalue weighted by Crippen LogP contribution is 2.11. The quantitative estimate of drug-likeness (QED) is 0.808. The molecule has 4 heteroatoms. The fourth-order valence-corrected chi connectivity index (χ4v) is 2.43. The van der Waals surface area contributed by atoms with Crippen LogP contribution in [0.1, 0.15) is 16.0 Å². The minimum absolute atomic E-state index is 0.0391. The molecule has 0 saturated heterocycles. The second kappa shape index (κ2) is 6.69. The van der Waals surface area contributed by atoms with E-state index in [1.807, 2.05) is 29.6 Å². The molecule has 1 heterocycles. The van der Waals surface area contributed by atoms with Gasteiger partial charge in [-0.25, -0.2) is 0 Å². The molecule has 1 amide bonds. The molecule has 0 radical (unpaired) electrons. The van der Waals surface area contributed by atoms with E-state index in [2.05, 4.69) is 6.07 Å². The van der Waals surface area contributed by atoms with Crippen LogP contribution in [0.3, 0.4) is 0 Å². The number of nitrogens with zero attached hydrogens (tertiary/aromatic N) is 2. The van der Waals surface area contributed by atoms with Gasteiger partial charge in [0.1, 0.15) is 0 Å². The molecule has 2 aromatic rings. The Kier molecular flexibility index (Phi) is 4.70. The second-order valence-corrected chi connectivity index (χ2v) is 5.37. The molecule has 20 heavy (non-hydrogen) atoms.